The van der Waals surface area contributed by atoms with Gasteiger partial charge in [-0.2, -0.15) is 0 Å². The van der Waals surface area contributed by atoms with E-state index < -0.39 is 0 Å². The number of amides is 1. The molecule has 2 rings (SSSR count). The van der Waals surface area contributed by atoms with E-state index in [4.69, 9.17) is 5.73 Å². The number of hydrogen-bond acceptors (Lipinski definition) is 4. The van der Waals surface area contributed by atoms with Gasteiger partial charge in [-0.25, -0.2) is 0 Å². The van der Waals surface area contributed by atoms with Crippen LogP contribution in [0.2, 0.25) is 0 Å². The monoisotopic (exact) mass is 221 g/mol. The highest BCUT2D eigenvalue weighted by molar-refractivity contribution is 5.94. The third kappa shape index (κ3) is 2.30. The third-order valence-corrected chi connectivity index (χ3v) is 2.72. The van der Waals surface area contributed by atoms with Gasteiger partial charge in [0.2, 0.25) is 0 Å². The second-order valence-electron chi connectivity index (χ2n) is 4.09. The highest BCUT2D eigenvalue weighted by Crippen LogP contribution is 2.14. The average Bonchev–Trinajstić information content (AvgIpc) is 2.28. The van der Waals surface area contributed by atoms with Crippen molar-refractivity contribution in [2.75, 3.05) is 13.1 Å². The van der Waals surface area contributed by atoms with E-state index in [1.807, 2.05) is 0 Å². The Kier molecular flexibility index (Phi) is 3.05. The Morgan fingerprint density at radius 1 is 1.56 bits per heavy atom. The number of aromatic nitrogens is 1. The first-order valence-corrected chi connectivity index (χ1v) is 5.35. The smallest absolute Gasteiger partial charge is 0.255 e. The van der Waals surface area contributed by atoms with Gasteiger partial charge in [-0.15, -0.1) is 0 Å². The maximum absolute atomic E-state index is 12.0. The molecule has 0 aliphatic carbocycles. The minimum atomic E-state index is -0.112. The molecule has 5 heteroatoms. The molecule has 0 bridgehead atoms. The lowest BCUT2D eigenvalue weighted by atomic mass is 10.1. The van der Waals surface area contributed by atoms with E-state index in [-0.39, 0.29) is 17.7 Å². The largest absolute Gasteiger partial charge is 0.506 e. The van der Waals surface area contributed by atoms with Crippen LogP contribution in [0.4, 0.5) is 0 Å². The van der Waals surface area contributed by atoms with Gasteiger partial charge in [0, 0.05) is 25.3 Å². The molecule has 2 heterocycles. The first kappa shape index (κ1) is 10.9. The molecule has 0 radical (unpaired) electrons. The van der Waals surface area contributed by atoms with Crippen LogP contribution in [0, 0.1) is 0 Å². The molecule has 16 heavy (non-hydrogen) atoms. The van der Waals surface area contributed by atoms with E-state index in [9.17, 15) is 9.90 Å². The summed E-state index contributed by atoms with van der Waals surface area (Å²) < 4.78 is 0. The predicted octanol–water partition coefficient (Wildman–Crippen LogP) is 0.350. The molecule has 1 atom stereocenters. The summed E-state index contributed by atoms with van der Waals surface area (Å²) in [6.45, 7) is 1.30. The summed E-state index contributed by atoms with van der Waals surface area (Å²) >= 11 is 0. The lowest BCUT2D eigenvalue weighted by Crippen LogP contribution is -2.45. The van der Waals surface area contributed by atoms with Crippen LogP contribution in [0.25, 0.3) is 0 Å². The van der Waals surface area contributed by atoms with E-state index in [0.29, 0.717) is 12.1 Å². The molecule has 0 saturated carbocycles. The fourth-order valence-corrected chi connectivity index (χ4v) is 1.92. The van der Waals surface area contributed by atoms with Crippen molar-refractivity contribution in [2.24, 2.45) is 5.73 Å². The molecule has 0 aromatic carbocycles. The summed E-state index contributed by atoms with van der Waals surface area (Å²) in [5.41, 5.74) is 6.22. The Bertz CT molecular complexity index is 395. The van der Waals surface area contributed by atoms with Gasteiger partial charge in [0.25, 0.3) is 5.91 Å². The first-order valence-electron chi connectivity index (χ1n) is 5.35. The zero-order chi connectivity index (χ0) is 11.5. The van der Waals surface area contributed by atoms with Gasteiger partial charge in [-0.3, -0.25) is 9.78 Å². The highest BCUT2D eigenvalue weighted by atomic mass is 16.3. The fraction of sp³-hybridized carbons (Fsp3) is 0.455. The molecule has 1 saturated heterocycles. The van der Waals surface area contributed by atoms with E-state index in [1.54, 1.807) is 4.90 Å². The molecule has 1 aromatic heterocycles. The molecule has 86 valence electrons. The van der Waals surface area contributed by atoms with Crippen molar-refractivity contribution in [2.45, 2.75) is 18.9 Å². The van der Waals surface area contributed by atoms with Crippen molar-refractivity contribution < 1.29 is 9.90 Å². The van der Waals surface area contributed by atoms with Crippen LogP contribution >= 0.6 is 0 Å². The molecule has 1 fully saturated rings. The van der Waals surface area contributed by atoms with Crippen LogP contribution in [-0.4, -0.2) is 40.0 Å². The number of rotatable bonds is 1. The minimum Gasteiger partial charge on any atom is -0.506 e. The van der Waals surface area contributed by atoms with E-state index in [0.717, 1.165) is 19.4 Å². The van der Waals surface area contributed by atoms with Gasteiger partial charge in [0.05, 0.1) is 11.8 Å². The van der Waals surface area contributed by atoms with Crippen LogP contribution in [0.1, 0.15) is 23.2 Å². The normalized spacial score (nSPS) is 20.8. The Labute approximate surface area is 93.9 Å². The molecular weight excluding hydrogens is 206 g/mol. The summed E-state index contributed by atoms with van der Waals surface area (Å²) in [4.78, 5) is 17.5. The van der Waals surface area contributed by atoms with Crippen molar-refractivity contribution in [1.82, 2.24) is 9.88 Å². The number of carbonyl (C=O) groups is 1. The average molecular weight is 221 g/mol. The Balaban J connectivity index is 2.12. The number of aromatic hydroxyl groups is 1. The van der Waals surface area contributed by atoms with Crippen LogP contribution < -0.4 is 5.73 Å². The van der Waals surface area contributed by atoms with Gasteiger partial charge in [-0.1, -0.05) is 0 Å². The topological polar surface area (TPSA) is 79.5 Å². The molecular formula is C11H15N3O2. The summed E-state index contributed by atoms with van der Waals surface area (Å²) in [6, 6.07) is 1.48. The van der Waals surface area contributed by atoms with Crippen LogP contribution in [0.3, 0.4) is 0 Å². The van der Waals surface area contributed by atoms with Gasteiger partial charge in [-0.05, 0) is 18.9 Å². The number of nitrogens with two attached hydrogens (primary N) is 1. The zero-order valence-corrected chi connectivity index (χ0v) is 8.97. The van der Waals surface area contributed by atoms with Crippen molar-refractivity contribution in [3.05, 3.63) is 24.0 Å². The van der Waals surface area contributed by atoms with E-state index in [1.165, 1.54) is 18.5 Å². The standard InChI is InChI=1S/C11H15N3O2/c12-9-2-1-3-14(7-9)11(16)8-4-10(15)6-13-5-8/h4-6,9,15H,1-3,7,12H2. The SMILES string of the molecule is NC1CCCN(C(=O)c2cncc(O)c2)C1. The molecule has 1 aromatic rings. The van der Waals surface area contributed by atoms with Gasteiger partial charge >= 0.3 is 0 Å². The number of piperidine rings is 1. The fourth-order valence-electron chi connectivity index (χ4n) is 1.92. The number of hydrogen-bond donors (Lipinski definition) is 2. The maximum Gasteiger partial charge on any atom is 0.255 e. The molecule has 0 spiro atoms. The molecule has 1 aliphatic heterocycles. The molecule has 1 aliphatic rings. The molecule has 1 unspecified atom stereocenters. The summed E-state index contributed by atoms with van der Waals surface area (Å²) in [6.07, 6.45) is 4.65. The Morgan fingerprint density at radius 2 is 2.38 bits per heavy atom. The van der Waals surface area contributed by atoms with Gasteiger partial charge in [0.15, 0.2) is 0 Å². The number of pyridine rings is 1. The maximum atomic E-state index is 12.0. The molecule has 5 nitrogen and oxygen atoms in total. The summed E-state index contributed by atoms with van der Waals surface area (Å²) in [5.74, 6) is -0.106. The second kappa shape index (κ2) is 4.49. The second-order valence-corrected chi connectivity index (χ2v) is 4.09. The van der Waals surface area contributed by atoms with Crippen molar-refractivity contribution in [3.63, 3.8) is 0 Å². The van der Waals surface area contributed by atoms with E-state index >= 15 is 0 Å². The zero-order valence-electron chi connectivity index (χ0n) is 8.97. The molecule has 1 amide bonds. The Morgan fingerprint density at radius 3 is 3.06 bits per heavy atom. The summed E-state index contributed by atoms with van der Waals surface area (Å²) in [5, 5.41) is 9.25. The highest BCUT2D eigenvalue weighted by Gasteiger charge is 2.22. The van der Waals surface area contributed by atoms with Crippen molar-refractivity contribution in [1.29, 1.82) is 0 Å². The van der Waals surface area contributed by atoms with Crippen molar-refractivity contribution in [3.8, 4) is 5.75 Å². The van der Waals surface area contributed by atoms with Gasteiger partial charge in [0.1, 0.15) is 5.75 Å². The summed E-state index contributed by atoms with van der Waals surface area (Å²) in [7, 11) is 0. The lowest BCUT2D eigenvalue weighted by molar-refractivity contribution is 0.0708. The Hall–Kier alpha value is -1.62. The van der Waals surface area contributed by atoms with Gasteiger partial charge < -0.3 is 15.7 Å². The number of nitrogens with zero attached hydrogens (tertiary/aromatic N) is 2. The lowest BCUT2D eigenvalue weighted by Gasteiger charge is -2.30. The van der Waals surface area contributed by atoms with Crippen LogP contribution in [-0.2, 0) is 0 Å². The van der Waals surface area contributed by atoms with Crippen LogP contribution in [0.5, 0.6) is 5.75 Å². The third-order valence-electron chi connectivity index (χ3n) is 2.72. The predicted molar refractivity (Wildman–Crippen MR) is 59.0 cm³/mol. The van der Waals surface area contributed by atoms with Crippen molar-refractivity contribution >= 4 is 5.91 Å². The first-order chi connectivity index (χ1) is 7.66. The quantitative estimate of drug-likeness (QED) is 0.717. The molecule has 3 N–H and O–H groups in total. The van der Waals surface area contributed by atoms with E-state index in [2.05, 4.69) is 4.98 Å². The number of likely N-dealkylation sites (tertiary alicyclic amines) is 1. The minimum absolute atomic E-state index is 0.00663. The number of carbonyl (C=O) groups excluding carboxylic acids is 1. The van der Waals surface area contributed by atoms with Crippen LogP contribution in [0.15, 0.2) is 18.5 Å².